The van der Waals surface area contributed by atoms with Crippen LogP contribution >= 0.6 is 23.4 Å². The van der Waals surface area contributed by atoms with E-state index in [0.717, 1.165) is 11.1 Å². The van der Waals surface area contributed by atoms with E-state index in [4.69, 9.17) is 17.3 Å². The standard InChI is InChI=1S/C19H14ClFN8O2S/c20-13-7-4-8-14(21)12(13)9-23-25-19(30)16-15(10-32-11-5-2-1-3-6-11)29(28-24-16)18-17(22)26-31-27-18/h1-9H,10H2,(H2,22,26)(H,25,30)/b23-9+. The summed E-state index contributed by atoms with van der Waals surface area (Å²) in [5.74, 6) is -0.856. The lowest BCUT2D eigenvalue weighted by molar-refractivity contribution is 0.0949. The van der Waals surface area contributed by atoms with E-state index in [1.807, 2.05) is 30.3 Å². The van der Waals surface area contributed by atoms with Gasteiger partial charge in [0.15, 0.2) is 5.69 Å². The molecular weight excluding hydrogens is 459 g/mol. The van der Waals surface area contributed by atoms with Crippen molar-refractivity contribution < 1.29 is 13.8 Å². The number of amides is 1. The number of nitrogens with zero attached hydrogens (tertiary/aromatic N) is 6. The van der Waals surface area contributed by atoms with Gasteiger partial charge in [0.2, 0.25) is 11.6 Å². The fourth-order valence-corrected chi connectivity index (χ4v) is 3.75. The van der Waals surface area contributed by atoms with Crippen LogP contribution in [0.1, 0.15) is 21.7 Å². The first kappa shape index (κ1) is 21.5. The van der Waals surface area contributed by atoms with Gasteiger partial charge in [-0.25, -0.2) is 14.4 Å². The minimum absolute atomic E-state index is 0.0139. The van der Waals surface area contributed by atoms with Crippen LogP contribution in [0.4, 0.5) is 10.2 Å². The number of hydrogen-bond acceptors (Lipinski definition) is 9. The number of carbonyl (C=O) groups excluding carboxylic acids is 1. The van der Waals surface area contributed by atoms with Crippen LogP contribution in [-0.4, -0.2) is 37.4 Å². The summed E-state index contributed by atoms with van der Waals surface area (Å²) in [4.78, 5) is 13.7. The minimum Gasteiger partial charge on any atom is -0.378 e. The molecule has 3 N–H and O–H groups in total. The molecule has 0 fully saturated rings. The van der Waals surface area contributed by atoms with Crippen LogP contribution < -0.4 is 11.2 Å². The normalized spacial score (nSPS) is 11.2. The van der Waals surface area contributed by atoms with Crippen molar-refractivity contribution in [1.29, 1.82) is 0 Å². The van der Waals surface area contributed by atoms with Crippen LogP contribution in [0.2, 0.25) is 5.02 Å². The van der Waals surface area contributed by atoms with E-state index in [9.17, 15) is 9.18 Å². The second-order valence-electron chi connectivity index (χ2n) is 6.21. The van der Waals surface area contributed by atoms with E-state index < -0.39 is 11.7 Å². The molecular formula is C19H14ClFN8O2S. The second kappa shape index (κ2) is 9.58. The lowest BCUT2D eigenvalue weighted by Crippen LogP contribution is -2.20. The molecule has 32 heavy (non-hydrogen) atoms. The first-order valence-electron chi connectivity index (χ1n) is 9.03. The molecule has 2 aromatic carbocycles. The molecule has 4 aromatic rings. The zero-order valence-electron chi connectivity index (χ0n) is 16.1. The molecule has 2 aromatic heterocycles. The predicted molar refractivity (Wildman–Crippen MR) is 116 cm³/mol. The number of benzene rings is 2. The molecule has 0 atom stereocenters. The Morgan fingerprint density at radius 3 is 2.78 bits per heavy atom. The summed E-state index contributed by atoms with van der Waals surface area (Å²) in [7, 11) is 0. The molecule has 2 heterocycles. The number of aromatic nitrogens is 5. The lowest BCUT2D eigenvalue weighted by atomic mass is 10.2. The molecule has 0 bridgehead atoms. The summed E-state index contributed by atoms with van der Waals surface area (Å²) >= 11 is 7.40. The Balaban J connectivity index is 1.59. The van der Waals surface area contributed by atoms with Crippen molar-refractivity contribution in [3.05, 3.63) is 76.3 Å². The van der Waals surface area contributed by atoms with Gasteiger partial charge in [-0.05, 0) is 34.6 Å². The third-order valence-electron chi connectivity index (χ3n) is 4.15. The molecule has 1 amide bonds. The number of carbonyl (C=O) groups is 1. The van der Waals surface area contributed by atoms with Crippen LogP contribution in [0, 0.1) is 5.82 Å². The van der Waals surface area contributed by atoms with Crippen molar-refractivity contribution in [3.63, 3.8) is 0 Å². The maximum Gasteiger partial charge on any atom is 0.293 e. The van der Waals surface area contributed by atoms with Gasteiger partial charge in [-0.3, -0.25) is 4.79 Å². The maximum absolute atomic E-state index is 13.9. The van der Waals surface area contributed by atoms with Crippen LogP contribution in [0.3, 0.4) is 0 Å². The van der Waals surface area contributed by atoms with Gasteiger partial charge in [0, 0.05) is 16.2 Å². The fraction of sp³-hybridized carbons (Fsp3) is 0.0526. The number of anilines is 1. The Morgan fingerprint density at radius 1 is 1.25 bits per heavy atom. The Labute approximate surface area is 189 Å². The summed E-state index contributed by atoms with van der Waals surface area (Å²) in [6.07, 6.45) is 1.11. The quantitative estimate of drug-likeness (QED) is 0.238. The third-order valence-corrected chi connectivity index (χ3v) is 5.51. The topological polar surface area (TPSA) is 137 Å². The van der Waals surface area contributed by atoms with Gasteiger partial charge in [-0.15, -0.1) is 16.9 Å². The molecule has 0 saturated heterocycles. The largest absolute Gasteiger partial charge is 0.378 e. The molecule has 10 nitrogen and oxygen atoms in total. The van der Waals surface area contributed by atoms with Crippen molar-refractivity contribution in [3.8, 4) is 5.82 Å². The van der Waals surface area contributed by atoms with Crippen molar-refractivity contribution >= 4 is 41.3 Å². The molecule has 0 saturated carbocycles. The summed E-state index contributed by atoms with van der Waals surface area (Å²) in [6, 6.07) is 13.7. The summed E-state index contributed by atoms with van der Waals surface area (Å²) in [5, 5.41) is 19.1. The second-order valence-corrected chi connectivity index (χ2v) is 7.66. The highest BCUT2D eigenvalue weighted by atomic mass is 35.5. The zero-order valence-corrected chi connectivity index (χ0v) is 17.7. The fourth-order valence-electron chi connectivity index (χ4n) is 2.63. The average molecular weight is 473 g/mol. The van der Waals surface area contributed by atoms with Crippen LogP contribution in [0.25, 0.3) is 5.82 Å². The molecule has 0 aliphatic carbocycles. The highest BCUT2D eigenvalue weighted by Crippen LogP contribution is 2.26. The Kier molecular flexibility index (Phi) is 6.42. The number of hydrazone groups is 1. The van der Waals surface area contributed by atoms with E-state index in [1.165, 1.54) is 34.6 Å². The van der Waals surface area contributed by atoms with Gasteiger partial charge in [0.25, 0.3) is 5.91 Å². The smallest absolute Gasteiger partial charge is 0.293 e. The SMILES string of the molecule is Nc1nonc1-n1nnc(C(=O)N/N=C/c2c(F)cccc2Cl)c1CSc1ccccc1. The number of halogens is 2. The van der Waals surface area contributed by atoms with E-state index in [2.05, 4.69) is 35.8 Å². The van der Waals surface area contributed by atoms with Crippen LogP contribution in [0.5, 0.6) is 0 Å². The first-order chi connectivity index (χ1) is 15.5. The molecule has 162 valence electrons. The van der Waals surface area contributed by atoms with Crippen LogP contribution in [0.15, 0.2) is 63.2 Å². The predicted octanol–water partition coefficient (Wildman–Crippen LogP) is 3.08. The van der Waals surface area contributed by atoms with Gasteiger partial charge in [-0.2, -0.15) is 9.78 Å². The molecule has 0 unspecified atom stereocenters. The first-order valence-corrected chi connectivity index (χ1v) is 10.4. The highest BCUT2D eigenvalue weighted by molar-refractivity contribution is 7.98. The number of rotatable bonds is 7. The summed E-state index contributed by atoms with van der Waals surface area (Å²) in [6.45, 7) is 0. The number of nitrogen functional groups attached to an aromatic ring is 1. The summed E-state index contributed by atoms with van der Waals surface area (Å²) < 4.78 is 19.8. The van der Waals surface area contributed by atoms with E-state index in [0.29, 0.717) is 11.4 Å². The Bertz CT molecular complexity index is 1260. The molecule has 0 aliphatic rings. The van der Waals surface area contributed by atoms with Crippen molar-refractivity contribution in [1.82, 2.24) is 30.7 Å². The van der Waals surface area contributed by atoms with Gasteiger partial charge < -0.3 is 5.73 Å². The number of hydrogen-bond donors (Lipinski definition) is 2. The Morgan fingerprint density at radius 2 is 2.06 bits per heavy atom. The van der Waals surface area contributed by atoms with Crippen molar-refractivity contribution in [2.24, 2.45) is 5.10 Å². The summed E-state index contributed by atoms with van der Waals surface area (Å²) in [5.41, 5.74) is 8.48. The van der Waals surface area contributed by atoms with Crippen molar-refractivity contribution in [2.45, 2.75) is 10.6 Å². The average Bonchev–Trinajstić information content (AvgIpc) is 3.40. The van der Waals surface area contributed by atoms with Gasteiger partial charge in [0.1, 0.15) is 5.82 Å². The monoisotopic (exact) mass is 472 g/mol. The van der Waals surface area contributed by atoms with E-state index in [-0.39, 0.29) is 27.9 Å². The third kappa shape index (κ3) is 4.60. The number of nitrogens with two attached hydrogens (primary N) is 1. The van der Waals surface area contributed by atoms with Crippen molar-refractivity contribution in [2.75, 3.05) is 5.73 Å². The number of nitrogens with one attached hydrogen (secondary N) is 1. The lowest BCUT2D eigenvalue weighted by Gasteiger charge is -2.06. The van der Waals surface area contributed by atoms with Gasteiger partial charge in [-0.1, -0.05) is 41.1 Å². The zero-order chi connectivity index (χ0) is 22.5. The van der Waals surface area contributed by atoms with Crippen LogP contribution in [-0.2, 0) is 5.75 Å². The molecule has 0 radical (unpaired) electrons. The van der Waals surface area contributed by atoms with E-state index in [1.54, 1.807) is 0 Å². The number of thioether (sulfide) groups is 1. The Hall–Kier alpha value is -3.77. The molecule has 0 spiro atoms. The molecule has 0 aliphatic heterocycles. The minimum atomic E-state index is -0.668. The molecule has 13 heteroatoms. The highest BCUT2D eigenvalue weighted by Gasteiger charge is 2.24. The van der Waals surface area contributed by atoms with Gasteiger partial charge in [0.05, 0.1) is 16.9 Å². The van der Waals surface area contributed by atoms with Gasteiger partial charge >= 0.3 is 0 Å². The van der Waals surface area contributed by atoms with E-state index >= 15 is 0 Å². The molecule has 4 rings (SSSR count). The maximum atomic E-state index is 13.9.